The molecular weight excluding hydrogens is 222 g/mol. The Kier molecular flexibility index (Phi) is 3.17. The van der Waals surface area contributed by atoms with Crippen molar-refractivity contribution in [1.82, 2.24) is 0 Å². The van der Waals surface area contributed by atoms with Gasteiger partial charge in [0.2, 0.25) is 6.29 Å². The average Bonchev–Trinajstić information content (AvgIpc) is 2.15. The van der Waals surface area contributed by atoms with Crippen molar-refractivity contribution >= 4 is 22.5 Å². The summed E-state index contributed by atoms with van der Waals surface area (Å²) in [7, 11) is -4.75. The zero-order valence-corrected chi connectivity index (χ0v) is 8.06. The van der Waals surface area contributed by atoms with Gasteiger partial charge in [-0.3, -0.25) is 14.5 Å². The number of carbonyl (C=O) groups excluding carboxylic acids is 1. The predicted octanol–water partition coefficient (Wildman–Crippen LogP) is 0.124. The quantitative estimate of drug-likeness (QED) is 0.450. The minimum Gasteiger partial charge on any atom is -0.285 e. The van der Waals surface area contributed by atoms with E-state index in [0.29, 0.717) is 0 Å². The molecule has 0 aliphatic heterocycles. The molecule has 0 aromatic heterocycles. The Morgan fingerprint density at radius 2 is 1.93 bits per heavy atom. The molecule has 0 spiro atoms. The molecule has 0 saturated carbocycles. The fourth-order valence-electron chi connectivity index (χ4n) is 0.913. The molecule has 0 fully saturated rings. The highest BCUT2D eigenvalue weighted by Gasteiger charge is 2.13. The van der Waals surface area contributed by atoms with Gasteiger partial charge in [0.25, 0.3) is 5.90 Å². The second-order valence-electron chi connectivity index (χ2n) is 2.49. The minimum atomic E-state index is -4.75. The Labute approximate surface area is 85.8 Å². The molecule has 1 aromatic carbocycles. The number of nitrogens with zero attached hydrogens (tertiary/aromatic N) is 1. The molecule has 0 unspecified atom stereocenters. The lowest BCUT2D eigenvalue weighted by molar-refractivity contribution is 0.426. The largest absolute Gasteiger partial charge is 0.381 e. The summed E-state index contributed by atoms with van der Waals surface area (Å²) < 4.78 is 31.4. The van der Waals surface area contributed by atoms with Crippen molar-refractivity contribution in [3.05, 3.63) is 35.4 Å². The fraction of sp³-hybridized carbons (Fsp3) is 0. The summed E-state index contributed by atoms with van der Waals surface area (Å²) in [6.45, 7) is 0. The lowest BCUT2D eigenvalue weighted by atomic mass is 10.1. The van der Waals surface area contributed by atoms with Gasteiger partial charge in [-0.05, 0) is 6.07 Å². The Morgan fingerprint density at radius 1 is 1.33 bits per heavy atom. The van der Waals surface area contributed by atoms with Crippen LogP contribution >= 0.6 is 0 Å². The minimum absolute atomic E-state index is 0.116. The molecule has 0 atom stereocenters. The van der Waals surface area contributed by atoms with Crippen molar-refractivity contribution < 1.29 is 22.9 Å². The highest BCUT2D eigenvalue weighted by Crippen LogP contribution is 2.07. The van der Waals surface area contributed by atoms with Gasteiger partial charge in [-0.2, -0.15) is 8.42 Å². The highest BCUT2D eigenvalue weighted by atomic mass is 32.2. The van der Waals surface area contributed by atoms with Crippen LogP contribution in [0.25, 0.3) is 0 Å². The fourth-order valence-corrected chi connectivity index (χ4v) is 1.22. The molecule has 0 aliphatic rings. The van der Waals surface area contributed by atoms with Gasteiger partial charge in [-0.1, -0.05) is 22.6 Å². The summed E-state index contributed by atoms with van der Waals surface area (Å²) in [5.74, 6) is -1.21. The standard InChI is InChI=1S/C8H5NO5S/c10-5-6-3-1-2-4-7(6)8(11)9-15(12,13)14/h1-4H,(H,12,13,14)/b9-8-. The van der Waals surface area contributed by atoms with E-state index < -0.39 is 16.2 Å². The van der Waals surface area contributed by atoms with Crippen molar-refractivity contribution in [2.75, 3.05) is 0 Å². The van der Waals surface area contributed by atoms with Crippen LogP contribution in [0.5, 0.6) is 0 Å². The van der Waals surface area contributed by atoms with Crippen LogP contribution in [0, 0.1) is 0 Å². The maximum atomic E-state index is 11.2. The first-order valence-corrected chi connectivity index (χ1v) is 5.05. The molecule has 0 saturated heterocycles. The lowest BCUT2D eigenvalue weighted by Gasteiger charge is -1.97. The molecule has 1 rings (SSSR count). The van der Waals surface area contributed by atoms with Gasteiger partial charge < -0.3 is 0 Å². The van der Waals surface area contributed by atoms with Gasteiger partial charge >= 0.3 is 10.3 Å². The molecule has 78 valence electrons. The normalized spacial score (nSPS) is 12.5. The molecule has 0 heterocycles. The Bertz CT molecular complexity index is 506. The van der Waals surface area contributed by atoms with Crippen molar-refractivity contribution in [1.29, 1.82) is 0 Å². The van der Waals surface area contributed by atoms with E-state index in [4.69, 9.17) is 4.55 Å². The molecule has 0 bridgehead atoms. The van der Waals surface area contributed by atoms with E-state index in [-0.39, 0.29) is 11.1 Å². The van der Waals surface area contributed by atoms with Gasteiger partial charge in [-0.25, -0.2) is 0 Å². The first kappa shape index (κ1) is 11.3. The molecule has 15 heavy (non-hydrogen) atoms. The van der Waals surface area contributed by atoms with Gasteiger partial charge in [0.1, 0.15) is 0 Å². The van der Waals surface area contributed by atoms with E-state index in [1.807, 2.05) is 0 Å². The second-order valence-corrected chi connectivity index (χ2v) is 3.57. The summed E-state index contributed by atoms with van der Waals surface area (Å²) in [4.78, 5) is 10.4. The molecule has 6 nitrogen and oxygen atoms in total. The van der Waals surface area contributed by atoms with Gasteiger partial charge in [0, 0.05) is 5.56 Å². The molecular formula is C8H5NO5S. The predicted molar refractivity (Wildman–Crippen MR) is 50.0 cm³/mol. The van der Waals surface area contributed by atoms with E-state index >= 15 is 0 Å². The number of hydrogen-bond acceptors (Lipinski definition) is 3. The second kappa shape index (κ2) is 4.20. The zero-order valence-electron chi connectivity index (χ0n) is 7.25. The molecule has 2 radical (unpaired) electrons. The van der Waals surface area contributed by atoms with Gasteiger partial charge in [-0.15, -0.1) is 0 Å². The first-order chi connectivity index (χ1) is 6.94. The smallest absolute Gasteiger partial charge is 0.285 e. The first-order valence-electron chi connectivity index (χ1n) is 3.66. The molecule has 1 N–H and O–H groups in total. The van der Waals surface area contributed by atoms with E-state index in [9.17, 15) is 18.3 Å². The van der Waals surface area contributed by atoms with Crippen LogP contribution in [0.3, 0.4) is 0 Å². The van der Waals surface area contributed by atoms with E-state index in [1.54, 1.807) is 0 Å². The van der Waals surface area contributed by atoms with Crippen molar-refractivity contribution in [2.24, 2.45) is 4.40 Å². The number of rotatable bonds is 3. The number of hydrogen-bond donors (Lipinski definition) is 1. The lowest BCUT2D eigenvalue weighted by Crippen LogP contribution is -2.05. The van der Waals surface area contributed by atoms with E-state index in [2.05, 4.69) is 4.40 Å². The SMILES string of the molecule is [O]/C(=N\S(=O)(=O)O)c1ccccc1[C]=O. The van der Waals surface area contributed by atoms with Crippen LogP contribution in [0.15, 0.2) is 28.7 Å². The number of benzene rings is 1. The van der Waals surface area contributed by atoms with Crippen LogP contribution in [-0.2, 0) is 20.2 Å². The van der Waals surface area contributed by atoms with Crippen LogP contribution in [0.1, 0.15) is 11.1 Å². The summed E-state index contributed by atoms with van der Waals surface area (Å²) in [5.41, 5.74) is -0.347. The van der Waals surface area contributed by atoms with Crippen molar-refractivity contribution in [3.8, 4) is 0 Å². The Balaban J connectivity index is 3.28. The third-order valence-corrected chi connectivity index (χ3v) is 1.86. The van der Waals surface area contributed by atoms with Crippen LogP contribution in [-0.4, -0.2) is 25.2 Å². The zero-order chi connectivity index (χ0) is 11.5. The average molecular weight is 227 g/mol. The van der Waals surface area contributed by atoms with E-state index in [1.165, 1.54) is 30.6 Å². The molecule has 0 amide bonds. The van der Waals surface area contributed by atoms with Crippen molar-refractivity contribution in [3.63, 3.8) is 0 Å². The Hall–Kier alpha value is -1.73. The van der Waals surface area contributed by atoms with Crippen LogP contribution < -0.4 is 0 Å². The van der Waals surface area contributed by atoms with Crippen LogP contribution in [0.4, 0.5) is 0 Å². The summed E-state index contributed by atoms with van der Waals surface area (Å²) >= 11 is 0. The molecule has 0 aliphatic carbocycles. The Morgan fingerprint density at radius 3 is 2.47 bits per heavy atom. The van der Waals surface area contributed by atoms with Gasteiger partial charge in [0.05, 0.1) is 5.56 Å². The van der Waals surface area contributed by atoms with Gasteiger partial charge in [0.15, 0.2) is 0 Å². The van der Waals surface area contributed by atoms with E-state index in [0.717, 1.165) is 0 Å². The van der Waals surface area contributed by atoms with Crippen LogP contribution in [0.2, 0.25) is 0 Å². The monoisotopic (exact) mass is 227 g/mol. The maximum Gasteiger partial charge on any atom is 0.381 e. The maximum absolute atomic E-state index is 11.2. The molecule has 7 heteroatoms. The third-order valence-electron chi connectivity index (χ3n) is 1.47. The highest BCUT2D eigenvalue weighted by molar-refractivity contribution is 7.84. The summed E-state index contributed by atoms with van der Waals surface area (Å²) in [6, 6.07) is 5.38. The van der Waals surface area contributed by atoms with Crippen molar-refractivity contribution in [2.45, 2.75) is 0 Å². The third kappa shape index (κ3) is 3.15. The molecule has 1 aromatic rings. The summed E-state index contributed by atoms with van der Waals surface area (Å²) in [5, 5.41) is 11.2. The summed E-state index contributed by atoms with van der Waals surface area (Å²) in [6.07, 6.45) is 1.45. The topological polar surface area (TPSA) is 104 Å².